The van der Waals surface area contributed by atoms with Crippen molar-refractivity contribution in [1.29, 1.82) is 0 Å². The SMILES string of the molecule is CC1(C)Oc2cc(Br)c(C(=O)O)cc2N(C2CCOC2)C1=O. The molecule has 1 unspecified atom stereocenters. The van der Waals surface area contributed by atoms with E-state index in [1.54, 1.807) is 24.8 Å². The van der Waals surface area contributed by atoms with E-state index in [2.05, 4.69) is 15.9 Å². The third kappa shape index (κ3) is 2.38. The molecule has 1 aromatic carbocycles. The fourth-order valence-corrected chi connectivity index (χ4v) is 3.28. The molecule has 0 aromatic heterocycles. The Balaban J connectivity index is 2.16. The van der Waals surface area contributed by atoms with Crippen molar-refractivity contribution in [1.82, 2.24) is 0 Å². The van der Waals surface area contributed by atoms with Gasteiger partial charge in [0.25, 0.3) is 5.91 Å². The van der Waals surface area contributed by atoms with Crippen LogP contribution in [0.15, 0.2) is 16.6 Å². The summed E-state index contributed by atoms with van der Waals surface area (Å²) in [6.45, 7) is 4.45. The van der Waals surface area contributed by atoms with Gasteiger partial charge >= 0.3 is 5.97 Å². The first-order chi connectivity index (χ1) is 10.3. The van der Waals surface area contributed by atoms with Crippen molar-refractivity contribution in [2.45, 2.75) is 31.9 Å². The van der Waals surface area contributed by atoms with Crippen LogP contribution in [0.2, 0.25) is 0 Å². The number of rotatable bonds is 2. The Morgan fingerprint density at radius 2 is 2.18 bits per heavy atom. The van der Waals surface area contributed by atoms with Gasteiger partial charge in [-0.25, -0.2) is 4.79 Å². The van der Waals surface area contributed by atoms with E-state index in [0.29, 0.717) is 29.1 Å². The second-order valence-corrected chi connectivity index (χ2v) is 6.76. The zero-order chi connectivity index (χ0) is 16.1. The van der Waals surface area contributed by atoms with E-state index in [-0.39, 0.29) is 17.5 Å². The van der Waals surface area contributed by atoms with Gasteiger partial charge in [0.2, 0.25) is 0 Å². The van der Waals surface area contributed by atoms with Crippen molar-refractivity contribution in [2.24, 2.45) is 0 Å². The molecule has 6 nitrogen and oxygen atoms in total. The third-order valence-electron chi connectivity index (χ3n) is 3.91. The van der Waals surface area contributed by atoms with Crippen LogP contribution in [-0.4, -0.2) is 41.8 Å². The first-order valence-corrected chi connectivity index (χ1v) is 7.78. The Kier molecular flexibility index (Phi) is 3.65. The standard InChI is InChI=1S/C15H16BrNO5/c1-15(2)14(20)17(8-3-4-21-7-8)11-5-9(13(18)19)10(16)6-12(11)22-15/h5-6,8H,3-4,7H2,1-2H3,(H,18,19). The zero-order valence-corrected chi connectivity index (χ0v) is 13.8. The van der Waals surface area contributed by atoms with Gasteiger partial charge in [-0.2, -0.15) is 0 Å². The van der Waals surface area contributed by atoms with Crippen LogP contribution < -0.4 is 9.64 Å². The molecule has 0 bridgehead atoms. The summed E-state index contributed by atoms with van der Waals surface area (Å²) in [5.74, 6) is -0.753. The number of halogens is 1. The Bertz CT molecular complexity index is 652. The molecule has 1 fully saturated rings. The Labute approximate surface area is 136 Å². The molecule has 0 saturated carbocycles. The maximum absolute atomic E-state index is 12.7. The summed E-state index contributed by atoms with van der Waals surface area (Å²) in [6, 6.07) is 2.99. The molecule has 118 valence electrons. The predicted octanol–water partition coefficient (Wildman–Crippen LogP) is 2.44. The van der Waals surface area contributed by atoms with E-state index >= 15 is 0 Å². The van der Waals surface area contributed by atoms with Crippen LogP contribution >= 0.6 is 15.9 Å². The van der Waals surface area contributed by atoms with Crippen LogP contribution in [-0.2, 0) is 9.53 Å². The molecule has 1 aromatic rings. The molecule has 1 atom stereocenters. The van der Waals surface area contributed by atoms with E-state index in [4.69, 9.17) is 9.47 Å². The highest BCUT2D eigenvalue weighted by Crippen LogP contribution is 2.42. The fraction of sp³-hybridized carbons (Fsp3) is 0.467. The summed E-state index contributed by atoms with van der Waals surface area (Å²) in [5.41, 5.74) is -0.418. The number of carbonyl (C=O) groups is 2. The largest absolute Gasteiger partial charge is 0.478 e. The normalized spacial score (nSPS) is 23.1. The topological polar surface area (TPSA) is 76.1 Å². The smallest absolute Gasteiger partial charge is 0.336 e. The number of benzene rings is 1. The van der Waals surface area contributed by atoms with E-state index in [1.807, 2.05) is 0 Å². The molecule has 1 saturated heterocycles. The average Bonchev–Trinajstić information content (AvgIpc) is 2.93. The van der Waals surface area contributed by atoms with Gasteiger partial charge in [0, 0.05) is 11.1 Å². The minimum Gasteiger partial charge on any atom is -0.478 e. The quantitative estimate of drug-likeness (QED) is 0.866. The van der Waals surface area contributed by atoms with E-state index in [1.165, 1.54) is 6.07 Å². The number of carbonyl (C=O) groups excluding carboxylic acids is 1. The van der Waals surface area contributed by atoms with Crippen molar-refractivity contribution in [3.63, 3.8) is 0 Å². The fourth-order valence-electron chi connectivity index (χ4n) is 2.78. The van der Waals surface area contributed by atoms with E-state index < -0.39 is 11.6 Å². The van der Waals surface area contributed by atoms with Gasteiger partial charge < -0.3 is 14.6 Å². The molecule has 1 N–H and O–H groups in total. The van der Waals surface area contributed by atoms with Crippen LogP contribution in [0.1, 0.15) is 30.6 Å². The molecule has 3 rings (SSSR count). The number of nitrogens with zero attached hydrogens (tertiary/aromatic N) is 1. The van der Waals surface area contributed by atoms with Crippen LogP contribution in [0.3, 0.4) is 0 Å². The lowest BCUT2D eigenvalue weighted by molar-refractivity contribution is -0.133. The Hall–Kier alpha value is -1.60. The van der Waals surface area contributed by atoms with Crippen LogP contribution in [0.25, 0.3) is 0 Å². The lowest BCUT2D eigenvalue weighted by Gasteiger charge is -2.41. The van der Waals surface area contributed by atoms with Gasteiger partial charge in [-0.15, -0.1) is 0 Å². The number of ether oxygens (including phenoxy) is 2. The highest BCUT2D eigenvalue weighted by molar-refractivity contribution is 9.10. The number of fused-ring (bicyclic) bond motifs is 1. The summed E-state index contributed by atoms with van der Waals surface area (Å²) in [5, 5.41) is 9.29. The Morgan fingerprint density at radius 3 is 2.77 bits per heavy atom. The van der Waals surface area contributed by atoms with Crippen molar-refractivity contribution < 1.29 is 24.2 Å². The molecule has 7 heteroatoms. The van der Waals surface area contributed by atoms with Crippen molar-refractivity contribution >= 4 is 33.5 Å². The first-order valence-electron chi connectivity index (χ1n) is 6.98. The number of anilines is 1. The molecule has 22 heavy (non-hydrogen) atoms. The second kappa shape index (κ2) is 5.24. The summed E-state index contributed by atoms with van der Waals surface area (Å²) < 4.78 is 11.6. The molecule has 1 amide bonds. The monoisotopic (exact) mass is 369 g/mol. The molecular formula is C15H16BrNO5. The molecule has 0 radical (unpaired) electrons. The molecule has 2 heterocycles. The van der Waals surface area contributed by atoms with E-state index in [0.717, 1.165) is 6.42 Å². The molecule has 0 spiro atoms. The number of aromatic carboxylic acids is 1. The minimum atomic E-state index is -1.06. The minimum absolute atomic E-state index is 0.0961. The Morgan fingerprint density at radius 1 is 1.45 bits per heavy atom. The van der Waals surface area contributed by atoms with Gasteiger partial charge in [0.05, 0.1) is 23.9 Å². The predicted molar refractivity (Wildman–Crippen MR) is 82.5 cm³/mol. The van der Waals surface area contributed by atoms with Gasteiger partial charge in [-0.1, -0.05) is 0 Å². The summed E-state index contributed by atoms with van der Waals surface area (Å²) >= 11 is 3.24. The summed E-state index contributed by atoms with van der Waals surface area (Å²) in [6.07, 6.45) is 0.722. The number of amides is 1. The van der Waals surface area contributed by atoms with Crippen molar-refractivity contribution in [3.05, 3.63) is 22.2 Å². The van der Waals surface area contributed by atoms with Crippen molar-refractivity contribution in [3.8, 4) is 5.75 Å². The summed E-state index contributed by atoms with van der Waals surface area (Å²) in [7, 11) is 0. The van der Waals surface area contributed by atoms with Gasteiger partial charge in [-0.05, 0) is 48.3 Å². The van der Waals surface area contributed by atoms with Crippen molar-refractivity contribution in [2.75, 3.05) is 18.1 Å². The van der Waals surface area contributed by atoms with Gasteiger partial charge in [-0.3, -0.25) is 9.69 Å². The highest BCUT2D eigenvalue weighted by Gasteiger charge is 2.45. The highest BCUT2D eigenvalue weighted by atomic mass is 79.9. The zero-order valence-electron chi connectivity index (χ0n) is 12.3. The van der Waals surface area contributed by atoms with Crippen LogP contribution in [0, 0.1) is 0 Å². The number of carboxylic acid groups (broad SMARTS) is 1. The van der Waals surface area contributed by atoms with Gasteiger partial charge in [0.15, 0.2) is 5.60 Å². The maximum Gasteiger partial charge on any atom is 0.336 e. The van der Waals surface area contributed by atoms with Crippen LogP contribution in [0.4, 0.5) is 5.69 Å². The molecule has 2 aliphatic rings. The summed E-state index contributed by atoms with van der Waals surface area (Å²) in [4.78, 5) is 25.7. The lowest BCUT2D eigenvalue weighted by Crippen LogP contribution is -2.56. The third-order valence-corrected chi connectivity index (χ3v) is 4.56. The second-order valence-electron chi connectivity index (χ2n) is 5.91. The number of carboxylic acids is 1. The first kappa shape index (κ1) is 15.3. The molecule has 2 aliphatic heterocycles. The maximum atomic E-state index is 12.7. The number of hydrogen-bond donors (Lipinski definition) is 1. The molecule has 0 aliphatic carbocycles. The van der Waals surface area contributed by atoms with Gasteiger partial charge in [0.1, 0.15) is 5.75 Å². The van der Waals surface area contributed by atoms with E-state index in [9.17, 15) is 14.7 Å². The lowest BCUT2D eigenvalue weighted by atomic mass is 10.00. The molecular weight excluding hydrogens is 354 g/mol. The average molecular weight is 370 g/mol. The number of hydrogen-bond acceptors (Lipinski definition) is 4. The van der Waals surface area contributed by atoms with Crippen LogP contribution in [0.5, 0.6) is 5.75 Å².